The van der Waals surface area contributed by atoms with E-state index in [2.05, 4.69) is 16.4 Å². The second-order valence-corrected chi connectivity index (χ2v) is 2.06. The summed E-state index contributed by atoms with van der Waals surface area (Å²) in [6, 6.07) is 1.75. The number of aryl methyl sites for hydroxylation is 1. The summed E-state index contributed by atoms with van der Waals surface area (Å²) in [6.07, 6.45) is 3.25. The van der Waals surface area contributed by atoms with Crippen LogP contribution in [0.3, 0.4) is 0 Å². The van der Waals surface area contributed by atoms with Crippen molar-refractivity contribution in [1.29, 1.82) is 0 Å². The minimum atomic E-state index is 0. The van der Waals surface area contributed by atoms with Gasteiger partial charge < -0.3 is 5.11 Å². The van der Waals surface area contributed by atoms with Crippen molar-refractivity contribution >= 4 is 0 Å². The van der Waals surface area contributed by atoms with Crippen LogP contribution in [0.2, 0.25) is 0 Å². The Morgan fingerprint density at radius 2 is 2.36 bits per heavy atom. The molecule has 0 fully saturated rings. The van der Waals surface area contributed by atoms with E-state index in [1.807, 2.05) is 6.92 Å². The molecule has 1 rings (SSSR count). The van der Waals surface area contributed by atoms with Crippen molar-refractivity contribution in [3.63, 3.8) is 0 Å². The van der Waals surface area contributed by atoms with E-state index in [9.17, 15) is 0 Å². The minimum Gasteiger partial charge on any atom is -0.398 e. The van der Waals surface area contributed by atoms with E-state index in [0.29, 0.717) is 6.42 Å². The average Bonchev–Trinajstić information content (AvgIpc) is 1.94. The third-order valence-corrected chi connectivity index (χ3v) is 1.34. The molecular weight excluding hydrogens is 312 g/mol. The van der Waals surface area contributed by atoms with Gasteiger partial charge in [0.05, 0.1) is 0 Å². The third-order valence-electron chi connectivity index (χ3n) is 1.34. The van der Waals surface area contributed by atoms with Crippen molar-refractivity contribution in [3.8, 4) is 0 Å². The van der Waals surface area contributed by atoms with Crippen LogP contribution >= 0.6 is 0 Å². The Morgan fingerprint density at radius 1 is 1.64 bits per heavy atom. The summed E-state index contributed by atoms with van der Waals surface area (Å²) in [7, 11) is 0. The molecule has 0 bridgehead atoms. The van der Waals surface area contributed by atoms with Gasteiger partial charge in [-0.1, -0.05) is 6.42 Å². The fourth-order valence-corrected chi connectivity index (χ4v) is 0.753. The number of nitrogens with zero attached hydrogens (tertiary/aromatic N) is 2. The molecule has 60 valence electrons. The fourth-order valence-electron chi connectivity index (χ4n) is 0.753. The van der Waals surface area contributed by atoms with Crippen LogP contribution in [0.4, 0.5) is 0 Å². The van der Waals surface area contributed by atoms with Crippen LogP contribution in [0, 0.1) is 13.1 Å². The molecule has 11 heavy (non-hydrogen) atoms. The van der Waals surface area contributed by atoms with E-state index >= 15 is 0 Å². The van der Waals surface area contributed by atoms with Crippen molar-refractivity contribution < 1.29 is 26.2 Å². The molecule has 0 atom stereocenters. The monoisotopic (exact) mass is 321 g/mol. The maximum absolute atomic E-state index is 8.58. The molecule has 0 saturated carbocycles. The topological polar surface area (TPSA) is 46.0 Å². The summed E-state index contributed by atoms with van der Waals surface area (Å²) in [4.78, 5) is 0. The normalized spacial score (nSPS) is 8.91. The van der Waals surface area contributed by atoms with Crippen LogP contribution in [0.15, 0.2) is 6.07 Å². The second kappa shape index (κ2) is 5.39. The summed E-state index contributed by atoms with van der Waals surface area (Å²) < 4.78 is 0. The zero-order valence-electron chi connectivity index (χ0n) is 6.24. The molecule has 0 aromatic carbocycles. The molecule has 0 aliphatic carbocycles. The Hall–Kier alpha value is -0.272. The van der Waals surface area contributed by atoms with Gasteiger partial charge in [-0.05, 0) is 12.6 Å². The van der Waals surface area contributed by atoms with Gasteiger partial charge in [-0.2, -0.15) is 10.7 Å². The Morgan fingerprint density at radius 3 is 2.91 bits per heavy atom. The fraction of sp³-hybridized carbons (Fsp3) is 0.429. The maximum Gasteiger partial charge on any atom is 0.0319 e. The van der Waals surface area contributed by atoms with Gasteiger partial charge in [0.15, 0.2) is 0 Å². The van der Waals surface area contributed by atoms with E-state index < -0.39 is 0 Å². The molecule has 1 N–H and O–H groups in total. The molecule has 0 saturated heterocycles. The van der Waals surface area contributed by atoms with Crippen LogP contribution in [-0.4, -0.2) is 21.9 Å². The first kappa shape index (κ1) is 10.7. The van der Waals surface area contributed by atoms with Gasteiger partial charge >= 0.3 is 0 Å². The smallest absolute Gasteiger partial charge is 0.0319 e. The van der Waals surface area contributed by atoms with Crippen LogP contribution < -0.4 is 0 Å². The summed E-state index contributed by atoms with van der Waals surface area (Å²) >= 11 is 0. The quantitative estimate of drug-likeness (QED) is 0.787. The number of aromatic nitrogens is 2. The van der Waals surface area contributed by atoms with Crippen LogP contribution in [-0.2, 0) is 27.5 Å². The summed E-state index contributed by atoms with van der Waals surface area (Å²) in [5, 5.41) is 15.9. The first-order valence-electron chi connectivity index (χ1n) is 3.14. The standard InChI is InChI=1S/C7H9N2O.W/c1-6-7(3-5-10)2-4-8-9-6;/h2,10H,3,5H2,1H3;/q-1;. The number of rotatable bonds is 2. The summed E-state index contributed by atoms with van der Waals surface area (Å²) in [5.74, 6) is 0. The average molecular weight is 321 g/mol. The third kappa shape index (κ3) is 3.08. The molecule has 1 heterocycles. The van der Waals surface area contributed by atoms with Gasteiger partial charge in [-0.15, -0.1) is 6.20 Å². The van der Waals surface area contributed by atoms with Crippen molar-refractivity contribution in [3.05, 3.63) is 23.5 Å². The Labute approximate surface area is 80.1 Å². The van der Waals surface area contributed by atoms with Gasteiger partial charge in [-0.25, -0.2) is 6.07 Å². The number of aliphatic hydroxyl groups is 1. The van der Waals surface area contributed by atoms with E-state index in [-0.39, 0.29) is 27.7 Å². The van der Waals surface area contributed by atoms with E-state index in [0.717, 1.165) is 11.3 Å². The molecule has 4 heteroatoms. The molecular formula is C7H9N2OW-. The molecule has 0 aliphatic heterocycles. The Balaban J connectivity index is 0.000001000. The van der Waals surface area contributed by atoms with Crippen molar-refractivity contribution in [2.75, 3.05) is 6.61 Å². The van der Waals surface area contributed by atoms with E-state index in [4.69, 9.17) is 5.11 Å². The molecule has 1 aromatic rings. The van der Waals surface area contributed by atoms with Gasteiger partial charge in [-0.3, -0.25) is 5.10 Å². The molecule has 1 aromatic heterocycles. The van der Waals surface area contributed by atoms with Crippen molar-refractivity contribution in [2.24, 2.45) is 0 Å². The Bertz CT molecular complexity index is 217. The molecule has 0 aliphatic rings. The van der Waals surface area contributed by atoms with E-state index in [1.165, 1.54) is 0 Å². The number of hydrogen-bond donors (Lipinski definition) is 1. The van der Waals surface area contributed by atoms with Gasteiger partial charge in [0, 0.05) is 27.7 Å². The molecule has 3 nitrogen and oxygen atoms in total. The minimum absolute atomic E-state index is 0. The van der Waals surface area contributed by atoms with Gasteiger partial charge in [0.25, 0.3) is 0 Å². The predicted octanol–water partition coefficient (Wildman–Crippen LogP) is 0.118. The Kier molecular flexibility index (Phi) is 5.25. The molecule has 0 radical (unpaired) electrons. The second-order valence-electron chi connectivity index (χ2n) is 2.06. The van der Waals surface area contributed by atoms with Crippen LogP contribution in [0.25, 0.3) is 0 Å². The number of aliphatic hydroxyl groups excluding tert-OH is 1. The number of hydrogen-bond acceptors (Lipinski definition) is 3. The first-order valence-corrected chi connectivity index (χ1v) is 3.14. The zero-order chi connectivity index (χ0) is 7.40. The first-order chi connectivity index (χ1) is 4.84. The SMILES string of the molecule is Cc1nn[c-]cc1CCO.[W]. The summed E-state index contributed by atoms with van der Waals surface area (Å²) in [6.45, 7) is 2.02. The summed E-state index contributed by atoms with van der Waals surface area (Å²) in [5.41, 5.74) is 1.88. The maximum atomic E-state index is 8.58. The largest absolute Gasteiger partial charge is 0.398 e. The van der Waals surface area contributed by atoms with Gasteiger partial charge in [0.2, 0.25) is 0 Å². The van der Waals surface area contributed by atoms with Crippen LogP contribution in [0.1, 0.15) is 11.3 Å². The van der Waals surface area contributed by atoms with E-state index in [1.54, 1.807) is 6.07 Å². The van der Waals surface area contributed by atoms with Gasteiger partial charge in [0.1, 0.15) is 0 Å². The van der Waals surface area contributed by atoms with Crippen molar-refractivity contribution in [2.45, 2.75) is 13.3 Å². The molecule has 0 unspecified atom stereocenters. The molecule has 0 amide bonds. The zero-order valence-corrected chi connectivity index (χ0v) is 9.17. The van der Waals surface area contributed by atoms with Crippen LogP contribution in [0.5, 0.6) is 0 Å². The predicted molar refractivity (Wildman–Crippen MR) is 36.4 cm³/mol. The van der Waals surface area contributed by atoms with Crippen molar-refractivity contribution in [1.82, 2.24) is 10.2 Å². The molecule has 0 spiro atoms.